The first-order valence-corrected chi connectivity index (χ1v) is 7.09. The number of rotatable bonds is 1. The van der Waals surface area contributed by atoms with E-state index in [1.165, 1.54) is 6.92 Å². The average molecular weight is 280 g/mol. The maximum absolute atomic E-state index is 12.3. The fourth-order valence-electron chi connectivity index (χ4n) is 4.27. The van der Waals surface area contributed by atoms with Crippen molar-refractivity contribution in [1.29, 1.82) is 0 Å². The van der Waals surface area contributed by atoms with Crippen molar-refractivity contribution in [2.45, 2.75) is 57.8 Å². The molecule has 2 saturated carbocycles. The minimum Gasteiger partial charge on any atom is -0.478 e. The van der Waals surface area contributed by atoms with Crippen LogP contribution in [0.4, 0.5) is 0 Å². The van der Waals surface area contributed by atoms with Gasteiger partial charge in [0, 0.05) is 23.0 Å². The molecule has 1 spiro atoms. The minimum atomic E-state index is -1.15. The van der Waals surface area contributed by atoms with Crippen molar-refractivity contribution in [2.75, 3.05) is 0 Å². The maximum atomic E-state index is 12.3. The number of aliphatic hydroxyl groups excluding tert-OH is 1. The van der Waals surface area contributed by atoms with Crippen molar-refractivity contribution in [3.63, 3.8) is 0 Å². The molecular formula is C15H20O5. The molecular weight excluding hydrogens is 260 g/mol. The third kappa shape index (κ3) is 1.40. The number of carboxylic acids is 1. The fraction of sp³-hybridized carbons (Fsp3) is 0.733. The Morgan fingerprint density at radius 2 is 2.05 bits per heavy atom. The van der Waals surface area contributed by atoms with Crippen LogP contribution in [-0.2, 0) is 14.3 Å². The highest BCUT2D eigenvalue weighted by Gasteiger charge is 2.75. The lowest BCUT2D eigenvalue weighted by atomic mass is 9.52. The van der Waals surface area contributed by atoms with Crippen LogP contribution in [0.3, 0.4) is 0 Å². The molecule has 0 aromatic heterocycles. The van der Waals surface area contributed by atoms with Crippen molar-refractivity contribution in [1.82, 2.24) is 0 Å². The number of aliphatic hydroxyl groups is 1. The zero-order chi connectivity index (χ0) is 14.9. The smallest absolute Gasteiger partial charge is 0.331 e. The van der Waals surface area contributed by atoms with Gasteiger partial charge in [0.25, 0.3) is 0 Å². The minimum absolute atomic E-state index is 0.0361. The van der Waals surface area contributed by atoms with Gasteiger partial charge in [-0.05, 0) is 25.7 Å². The standard InChI is InChI=1S/C15H20O5/c1-7-4-5-10-15(20-10)6-9(16)11(8(2)13(18)19)12(17)14(7,15)3/h7,10,12,17H,4-6H2,1-3H3,(H,18,19). The molecule has 3 fully saturated rings. The van der Waals surface area contributed by atoms with E-state index >= 15 is 0 Å². The van der Waals surface area contributed by atoms with Crippen LogP contribution in [0, 0.1) is 11.3 Å². The highest BCUT2D eigenvalue weighted by Crippen LogP contribution is 2.66. The first-order valence-electron chi connectivity index (χ1n) is 7.09. The van der Waals surface area contributed by atoms with Gasteiger partial charge in [-0.1, -0.05) is 13.8 Å². The predicted molar refractivity (Wildman–Crippen MR) is 70.1 cm³/mol. The van der Waals surface area contributed by atoms with Crippen molar-refractivity contribution in [2.24, 2.45) is 11.3 Å². The number of Topliss-reactive ketones (excluding diaryl/α,β-unsaturated/α-hetero) is 1. The second kappa shape index (κ2) is 3.92. The zero-order valence-electron chi connectivity index (χ0n) is 12.0. The van der Waals surface area contributed by atoms with E-state index in [1.807, 2.05) is 13.8 Å². The summed E-state index contributed by atoms with van der Waals surface area (Å²) in [7, 11) is 0. The molecule has 3 aliphatic rings. The zero-order valence-corrected chi connectivity index (χ0v) is 12.0. The Morgan fingerprint density at radius 3 is 2.65 bits per heavy atom. The second-order valence-corrected chi connectivity index (χ2v) is 6.60. The number of ether oxygens (including phenoxy) is 1. The molecule has 0 radical (unpaired) electrons. The van der Waals surface area contributed by atoms with Crippen molar-refractivity contribution < 1.29 is 24.5 Å². The van der Waals surface area contributed by atoms with Crippen LogP contribution >= 0.6 is 0 Å². The number of epoxide rings is 1. The third-order valence-electron chi connectivity index (χ3n) is 5.90. The number of hydrogen-bond donors (Lipinski definition) is 2. The second-order valence-electron chi connectivity index (χ2n) is 6.60. The molecule has 20 heavy (non-hydrogen) atoms. The van der Waals surface area contributed by atoms with Crippen molar-refractivity contribution >= 4 is 11.8 Å². The maximum Gasteiger partial charge on any atom is 0.331 e. The normalized spacial score (nSPS) is 49.2. The van der Waals surface area contributed by atoms with Gasteiger partial charge in [0.1, 0.15) is 5.60 Å². The molecule has 110 valence electrons. The summed E-state index contributed by atoms with van der Waals surface area (Å²) < 4.78 is 5.82. The molecule has 5 nitrogen and oxygen atoms in total. The first kappa shape index (κ1) is 13.8. The Balaban J connectivity index is 2.12. The van der Waals surface area contributed by atoms with Crippen LogP contribution in [-0.4, -0.2) is 39.8 Å². The summed E-state index contributed by atoms with van der Waals surface area (Å²) in [6, 6.07) is 0. The summed E-state index contributed by atoms with van der Waals surface area (Å²) in [6.07, 6.45) is 0.991. The topological polar surface area (TPSA) is 87.1 Å². The van der Waals surface area contributed by atoms with E-state index in [0.29, 0.717) is 0 Å². The Bertz CT molecular complexity index is 536. The monoisotopic (exact) mass is 280 g/mol. The third-order valence-corrected chi connectivity index (χ3v) is 5.90. The average Bonchev–Trinajstić information content (AvgIpc) is 3.07. The molecule has 1 saturated heterocycles. The van der Waals surface area contributed by atoms with Crippen molar-refractivity contribution in [3.05, 3.63) is 11.1 Å². The van der Waals surface area contributed by atoms with Crippen LogP contribution in [0.5, 0.6) is 0 Å². The van der Waals surface area contributed by atoms with Gasteiger partial charge in [-0.15, -0.1) is 0 Å². The van der Waals surface area contributed by atoms with Gasteiger partial charge in [0.05, 0.1) is 12.2 Å². The van der Waals surface area contributed by atoms with E-state index in [-0.39, 0.29) is 35.4 Å². The largest absolute Gasteiger partial charge is 0.478 e. The Labute approximate surface area is 117 Å². The van der Waals surface area contributed by atoms with Gasteiger partial charge < -0.3 is 14.9 Å². The highest BCUT2D eigenvalue weighted by molar-refractivity contribution is 6.05. The molecule has 1 heterocycles. The quantitative estimate of drug-likeness (QED) is 0.558. The SMILES string of the molecule is CC(C(=O)O)=C1C(=O)CC23OC2CCC(C)C3(C)C1O. The number of ketones is 1. The van der Waals surface area contributed by atoms with Crippen LogP contribution in [0.15, 0.2) is 11.1 Å². The van der Waals surface area contributed by atoms with Gasteiger partial charge in [-0.2, -0.15) is 0 Å². The van der Waals surface area contributed by atoms with E-state index in [0.717, 1.165) is 12.8 Å². The lowest BCUT2D eigenvalue weighted by Crippen LogP contribution is -2.59. The first-order chi connectivity index (χ1) is 9.25. The van der Waals surface area contributed by atoms with Gasteiger partial charge in [-0.25, -0.2) is 4.79 Å². The molecule has 1 aliphatic heterocycles. The number of carbonyl (C=O) groups is 2. The van der Waals surface area contributed by atoms with E-state index in [9.17, 15) is 14.7 Å². The van der Waals surface area contributed by atoms with E-state index in [4.69, 9.17) is 9.84 Å². The predicted octanol–water partition coefficient (Wildman–Crippen LogP) is 1.29. The summed E-state index contributed by atoms with van der Waals surface area (Å²) in [5.74, 6) is -1.25. The number of hydrogen-bond acceptors (Lipinski definition) is 4. The molecule has 5 unspecified atom stereocenters. The van der Waals surface area contributed by atoms with E-state index in [1.54, 1.807) is 0 Å². The van der Waals surface area contributed by atoms with Crippen LogP contribution in [0.25, 0.3) is 0 Å². The molecule has 2 N–H and O–H groups in total. The number of carboxylic acid groups (broad SMARTS) is 1. The summed E-state index contributed by atoms with van der Waals surface area (Å²) in [5.41, 5.74) is -1.15. The molecule has 5 atom stereocenters. The molecule has 5 heteroatoms. The number of carbonyl (C=O) groups excluding carboxylic acids is 1. The van der Waals surface area contributed by atoms with E-state index < -0.39 is 23.1 Å². The molecule has 0 amide bonds. The molecule has 2 aliphatic carbocycles. The summed E-state index contributed by atoms with van der Waals surface area (Å²) in [5, 5.41) is 19.9. The highest BCUT2D eigenvalue weighted by atomic mass is 16.6. The summed E-state index contributed by atoms with van der Waals surface area (Å²) in [4.78, 5) is 23.5. The molecule has 0 bridgehead atoms. The van der Waals surface area contributed by atoms with Gasteiger partial charge >= 0.3 is 5.97 Å². The van der Waals surface area contributed by atoms with Crippen LogP contribution in [0.2, 0.25) is 0 Å². The van der Waals surface area contributed by atoms with Crippen molar-refractivity contribution in [3.8, 4) is 0 Å². The van der Waals surface area contributed by atoms with Crippen LogP contribution in [0.1, 0.15) is 40.0 Å². The Hall–Kier alpha value is -1.20. The lowest BCUT2D eigenvalue weighted by Gasteiger charge is -2.50. The van der Waals surface area contributed by atoms with E-state index in [2.05, 4.69) is 0 Å². The fourth-order valence-corrected chi connectivity index (χ4v) is 4.27. The Morgan fingerprint density at radius 1 is 1.40 bits per heavy atom. The summed E-state index contributed by atoms with van der Waals surface area (Å²) in [6.45, 7) is 5.37. The summed E-state index contributed by atoms with van der Waals surface area (Å²) >= 11 is 0. The molecule has 3 rings (SSSR count). The Kier molecular flexibility index (Phi) is 2.70. The van der Waals surface area contributed by atoms with Gasteiger partial charge in [0.2, 0.25) is 0 Å². The number of aliphatic carboxylic acids is 1. The van der Waals surface area contributed by atoms with Crippen LogP contribution < -0.4 is 0 Å². The molecule has 0 aromatic carbocycles. The lowest BCUT2D eigenvalue weighted by molar-refractivity contribution is -0.136. The van der Waals surface area contributed by atoms with Gasteiger partial charge in [-0.3, -0.25) is 4.79 Å². The van der Waals surface area contributed by atoms with Gasteiger partial charge in [0.15, 0.2) is 5.78 Å². The molecule has 0 aromatic rings.